The van der Waals surface area contributed by atoms with Gasteiger partial charge in [0.25, 0.3) is 0 Å². The van der Waals surface area contributed by atoms with Crippen molar-refractivity contribution >= 4 is 17.9 Å². The van der Waals surface area contributed by atoms with E-state index in [4.69, 9.17) is 14.9 Å². The molecule has 0 aliphatic rings. The van der Waals surface area contributed by atoms with E-state index in [1.165, 1.54) is 6.92 Å². The number of carbonyl (C=O) groups is 3. The zero-order valence-corrected chi connectivity index (χ0v) is 13.8. The maximum Gasteiger partial charge on any atom is 0.333 e. The number of esters is 1. The van der Waals surface area contributed by atoms with E-state index in [2.05, 4.69) is 19.7 Å². The Morgan fingerprint density at radius 3 is 1.75 bits per heavy atom. The first-order chi connectivity index (χ1) is 11.1. The largest absolute Gasteiger partial charge is 0.478 e. The molecular formula is C18H22O6. The smallest absolute Gasteiger partial charge is 0.333 e. The van der Waals surface area contributed by atoms with Crippen LogP contribution >= 0.6 is 0 Å². The molecule has 0 spiro atoms. The first-order valence-corrected chi connectivity index (χ1v) is 6.72. The Morgan fingerprint density at radius 2 is 1.46 bits per heavy atom. The second kappa shape index (κ2) is 13.5. The standard InChI is InChI=1S/C11H12O2.C4H6O2.C3H4O2/c1-9(2)11(12)13-8-10-6-4-3-5-7-10;1-3(2)4(5)6;1-2-3(4)5/h3-7H,1,8H2,2H3;1H2,2H3,(H,5,6);2H,1H2,(H,4,5). The maximum atomic E-state index is 11.0. The second-order valence-electron chi connectivity index (χ2n) is 4.47. The predicted octanol–water partition coefficient (Wildman–Crippen LogP) is 3.21. The van der Waals surface area contributed by atoms with E-state index in [-0.39, 0.29) is 11.5 Å². The Labute approximate surface area is 141 Å². The summed E-state index contributed by atoms with van der Waals surface area (Å²) in [5.74, 6) is -2.26. The van der Waals surface area contributed by atoms with Crippen LogP contribution in [0.5, 0.6) is 0 Å². The van der Waals surface area contributed by atoms with Crippen LogP contribution in [-0.2, 0) is 25.7 Å². The summed E-state index contributed by atoms with van der Waals surface area (Å²) >= 11 is 0. The monoisotopic (exact) mass is 334 g/mol. The molecule has 0 bridgehead atoms. The third-order valence-electron chi connectivity index (χ3n) is 2.10. The molecule has 0 radical (unpaired) electrons. The number of benzene rings is 1. The fraction of sp³-hybridized carbons (Fsp3) is 0.167. The first-order valence-electron chi connectivity index (χ1n) is 6.72. The van der Waals surface area contributed by atoms with Crippen LogP contribution in [0.4, 0.5) is 0 Å². The fourth-order valence-corrected chi connectivity index (χ4v) is 0.846. The molecule has 1 aromatic rings. The van der Waals surface area contributed by atoms with Crippen LogP contribution < -0.4 is 0 Å². The molecule has 1 rings (SSSR count). The van der Waals surface area contributed by atoms with Crippen molar-refractivity contribution in [3.63, 3.8) is 0 Å². The molecule has 0 aliphatic carbocycles. The first kappa shape index (κ1) is 23.1. The van der Waals surface area contributed by atoms with Crippen molar-refractivity contribution in [3.05, 3.63) is 72.9 Å². The molecule has 6 heteroatoms. The minimum Gasteiger partial charge on any atom is -0.478 e. The second-order valence-corrected chi connectivity index (χ2v) is 4.47. The number of carboxylic acids is 2. The molecule has 130 valence electrons. The highest BCUT2D eigenvalue weighted by atomic mass is 16.5. The van der Waals surface area contributed by atoms with E-state index < -0.39 is 11.9 Å². The number of hydrogen-bond donors (Lipinski definition) is 2. The number of aliphatic carboxylic acids is 2. The van der Waals surface area contributed by atoms with Gasteiger partial charge in [-0.15, -0.1) is 0 Å². The van der Waals surface area contributed by atoms with E-state index in [0.717, 1.165) is 11.6 Å². The highest BCUT2D eigenvalue weighted by Gasteiger charge is 2.02. The van der Waals surface area contributed by atoms with Gasteiger partial charge in [-0.1, -0.05) is 50.1 Å². The maximum absolute atomic E-state index is 11.0. The molecule has 2 N–H and O–H groups in total. The van der Waals surface area contributed by atoms with Gasteiger partial charge < -0.3 is 14.9 Å². The Balaban J connectivity index is 0. The van der Waals surface area contributed by atoms with Crippen molar-refractivity contribution in [2.45, 2.75) is 20.5 Å². The summed E-state index contributed by atoms with van der Waals surface area (Å²) in [5, 5.41) is 15.5. The summed E-state index contributed by atoms with van der Waals surface area (Å²) in [6.45, 7) is 13.0. The van der Waals surface area contributed by atoms with E-state index in [1.54, 1.807) is 6.92 Å². The highest BCUT2D eigenvalue weighted by Crippen LogP contribution is 2.02. The molecule has 0 heterocycles. The lowest BCUT2D eigenvalue weighted by Crippen LogP contribution is -2.04. The summed E-state index contributed by atoms with van der Waals surface area (Å²) in [6.07, 6.45) is 0.833. The van der Waals surface area contributed by atoms with Gasteiger partial charge in [0.15, 0.2) is 0 Å². The molecule has 0 fully saturated rings. The number of ether oxygens (including phenoxy) is 1. The fourth-order valence-electron chi connectivity index (χ4n) is 0.846. The highest BCUT2D eigenvalue weighted by molar-refractivity contribution is 5.86. The predicted molar refractivity (Wildman–Crippen MR) is 91.3 cm³/mol. The molecule has 0 amide bonds. The number of hydrogen-bond acceptors (Lipinski definition) is 4. The van der Waals surface area contributed by atoms with Crippen molar-refractivity contribution < 1.29 is 29.3 Å². The molecule has 0 saturated carbocycles. The molecule has 0 aliphatic heterocycles. The van der Waals surface area contributed by atoms with Gasteiger partial charge in [-0.25, -0.2) is 14.4 Å². The van der Waals surface area contributed by atoms with Crippen LogP contribution in [0.15, 0.2) is 67.3 Å². The Kier molecular flexibility index (Phi) is 13.0. The normalized spacial score (nSPS) is 8.25. The van der Waals surface area contributed by atoms with Crippen molar-refractivity contribution in [1.82, 2.24) is 0 Å². The third kappa shape index (κ3) is 15.2. The van der Waals surface area contributed by atoms with Gasteiger partial charge in [0, 0.05) is 17.2 Å². The topological polar surface area (TPSA) is 101 Å². The van der Waals surface area contributed by atoms with Crippen LogP contribution in [0.25, 0.3) is 0 Å². The quantitative estimate of drug-likeness (QED) is 0.633. The molecule has 6 nitrogen and oxygen atoms in total. The average molecular weight is 334 g/mol. The van der Waals surface area contributed by atoms with E-state index >= 15 is 0 Å². The molecule has 1 aromatic carbocycles. The zero-order chi connectivity index (χ0) is 19.1. The van der Waals surface area contributed by atoms with E-state index in [0.29, 0.717) is 12.2 Å². The lowest BCUT2D eigenvalue weighted by molar-refractivity contribution is -0.140. The van der Waals surface area contributed by atoms with Crippen LogP contribution in [0.3, 0.4) is 0 Å². The van der Waals surface area contributed by atoms with Gasteiger partial charge >= 0.3 is 17.9 Å². The number of carbonyl (C=O) groups excluding carboxylic acids is 1. The molecular weight excluding hydrogens is 312 g/mol. The summed E-state index contributed by atoms with van der Waals surface area (Å²) < 4.78 is 4.95. The van der Waals surface area contributed by atoms with Crippen LogP contribution in [-0.4, -0.2) is 28.1 Å². The summed E-state index contributed by atoms with van der Waals surface area (Å²) in [5.41, 5.74) is 1.59. The molecule has 0 unspecified atom stereocenters. The Bertz CT molecular complexity index is 575. The van der Waals surface area contributed by atoms with Gasteiger partial charge in [0.05, 0.1) is 0 Å². The van der Waals surface area contributed by atoms with Gasteiger partial charge in [0.1, 0.15) is 6.61 Å². The Morgan fingerprint density at radius 1 is 1.04 bits per heavy atom. The van der Waals surface area contributed by atoms with Crippen LogP contribution in [0.2, 0.25) is 0 Å². The summed E-state index contributed by atoms with van der Waals surface area (Å²) in [4.78, 5) is 29.8. The van der Waals surface area contributed by atoms with Crippen molar-refractivity contribution in [2.24, 2.45) is 0 Å². The zero-order valence-electron chi connectivity index (χ0n) is 13.8. The number of carboxylic acid groups (broad SMARTS) is 2. The van der Waals surface area contributed by atoms with Crippen LogP contribution in [0, 0.1) is 0 Å². The van der Waals surface area contributed by atoms with Crippen molar-refractivity contribution in [1.29, 1.82) is 0 Å². The van der Waals surface area contributed by atoms with Gasteiger partial charge in [-0.3, -0.25) is 0 Å². The SMILES string of the molecule is C=C(C)C(=O)O.C=C(C)C(=O)OCc1ccccc1.C=CC(=O)O. The minimum absolute atomic E-state index is 0.176. The van der Waals surface area contributed by atoms with Gasteiger partial charge in [-0.05, 0) is 19.4 Å². The summed E-state index contributed by atoms with van der Waals surface area (Å²) in [6, 6.07) is 9.55. The molecule has 24 heavy (non-hydrogen) atoms. The van der Waals surface area contributed by atoms with Gasteiger partial charge in [-0.2, -0.15) is 0 Å². The molecule has 0 aromatic heterocycles. The third-order valence-corrected chi connectivity index (χ3v) is 2.10. The van der Waals surface area contributed by atoms with Crippen molar-refractivity contribution in [3.8, 4) is 0 Å². The average Bonchev–Trinajstić information content (AvgIpc) is 2.54. The Hall–Kier alpha value is -3.15. The van der Waals surface area contributed by atoms with Crippen molar-refractivity contribution in [2.75, 3.05) is 0 Å². The molecule has 0 saturated heterocycles. The van der Waals surface area contributed by atoms with E-state index in [9.17, 15) is 14.4 Å². The van der Waals surface area contributed by atoms with E-state index in [1.807, 2.05) is 30.3 Å². The lowest BCUT2D eigenvalue weighted by atomic mass is 10.2. The summed E-state index contributed by atoms with van der Waals surface area (Å²) in [7, 11) is 0. The minimum atomic E-state index is -0.981. The van der Waals surface area contributed by atoms with Crippen LogP contribution in [0.1, 0.15) is 19.4 Å². The van der Waals surface area contributed by atoms with Gasteiger partial charge in [0.2, 0.25) is 0 Å². The number of rotatable bonds is 5. The lowest BCUT2D eigenvalue weighted by Gasteiger charge is -2.03. The molecule has 0 atom stereocenters.